The molecule has 0 atom stereocenters. The quantitative estimate of drug-likeness (QED) is 0.170. The summed E-state index contributed by atoms with van der Waals surface area (Å²) in [5, 5.41) is 3.67. The van der Waals surface area contributed by atoms with Crippen LogP contribution in [0.5, 0.6) is 0 Å². The fraction of sp³-hybridized carbons (Fsp3) is 0. The molecule has 7 aromatic carbocycles. The maximum atomic E-state index is 6.40. The van der Waals surface area contributed by atoms with Gasteiger partial charge < -0.3 is 8.83 Å². The molecule has 56 heavy (non-hydrogen) atoms. The first-order valence-electron chi connectivity index (χ1n) is 18.5. The van der Waals surface area contributed by atoms with E-state index >= 15 is 0 Å². The third-order valence-electron chi connectivity index (χ3n) is 10.4. The molecule has 0 N–H and O–H groups in total. The molecule has 4 heterocycles. The third kappa shape index (κ3) is 5.43. The van der Waals surface area contributed by atoms with Crippen molar-refractivity contribution >= 4 is 44.1 Å². The van der Waals surface area contributed by atoms with Crippen molar-refractivity contribution in [3.05, 3.63) is 182 Å². The lowest BCUT2D eigenvalue weighted by Crippen LogP contribution is -1.96. The van der Waals surface area contributed by atoms with Crippen LogP contribution in [0.4, 0.5) is 0 Å². The molecular formula is C50H30N4O2. The second-order valence-corrected chi connectivity index (χ2v) is 13.8. The summed E-state index contributed by atoms with van der Waals surface area (Å²) in [6, 6.07) is 61.9. The van der Waals surface area contributed by atoms with Crippen LogP contribution >= 0.6 is 0 Å². The Morgan fingerprint density at radius 3 is 1.23 bits per heavy atom. The summed E-state index contributed by atoms with van der Waals surface area (Å²) in [4.78, 5) is 20.5. The van der Waals surface area contributed by atoms with Crippen molar-refractivity contribution in [3.63, 3.8) is 0 Å². The van der Waals surface area contributed by atoms with E-state index in [9.17, 15) is 0 Å². The molecule has 0 spiro atoms. The van der Waals surface area contributed by atoms with Gasteiger partial charge in [0.15, 0.2) is 11.6 Å². The number of fused-ring (bicyclic) bond motifs is 6. The van der Waals surface area contributed by atoms with Crippen molar-refractivity contribution in [2.24, 2.45) is 0 Å². The summed E-state index contributed by atoms with van der Waals surface area (Å²) in [5.74, 6) is 1.14. The summed E-state index contributed by atoms with van der Waals surface area (Å²) in [5.41, 5.74) is 12.4. The lowest BCUT2D eigenvalue weighted by atomic mass is 10.0. The largest absolute Gasteiger partial charge is 0.438 e. The van der Waals surface area contributed by atoms with E-state index in [4.69, 9.17) is 28.8 Å². The fourth-order valence-electron chi connectivity index (χ4n) is 7.62. The summed E-state index contributed by atoms with van der Waals surface area (Å²) >= 11 is 0. The highest BCUT2D eigenvalue weighted by molar-refractivity contribution is 6.12. The first-order chi connectivity index (χ1) is 27.7. The minimum absolute atomic E-state index is 0.532. The average molecular weight is 719 g/mol. The zero-order valence-electron chi connectivity index (χ0n) is 29.9. The molecule has 0 saturated heterocycles. The van der Waals surface area contributed by atoms with Gasteiger partial charge in [0.05, 0.1) is 22.2 Å². The molecule has 4 aromatic heterocycles. The van der Waals surface area contributed by atoms with E-state index in [0.29, 0.717) is 23.1 Å². The van der Waals surface area contributed by atoms with Gasteiger partial charge in [-0.25, -0.2) is 9.97 Å². The lowest BCUT2D eigenvalue weighted by molar-refractivity contribution is 0.653. The Balaban J connectivity index is 1.07. The second-order valence-electron chi connectivity index (χ2n) is 13.8. The SMILES string of the molecule is c1ccc(-c2ccc(-c3nc(-c4cccc(-c5nc(-c6ccc(-c7ccccc7)cc6)c6c(n5)oc5ccccc56)c4)c4c(n3)oc3ccccc34)cc2)cc1. The topological polar surface area (TPSA) is 77.8 Å². The van der Waals surface area contributed by atoms with Crippen molar-refractivity contribution < 1.29 is 8.83 Å². The Hall–Kier alpha value is -7.70. The standard InChI is InChI=1S/C50H30N4O2/c1-3-12-31(13-4-1)33-22-26-35(27-23-33)45-43-39-18-7-9-20-41(39)55-49(43)54-48(51-45)38-17-11-16-37(30-38)46-44-40-19-8-10-21-42(40)56-50(44)53-47(52-46)36-28-24-34(25-29-36)32-14-5-2-6-15-32/h1-30H. The molecule has 6 nitrogen and oxygen atoms in total. The van der Waals surface area contributed by atoms with Gasteiger partial charge in [-0.2, -0.15) is 9.97 Å². The molecule has 0 radical (unpaired) electrons. The van der Waals surface area contributed by atoms with E-state index in [1.165, 1.54) is 0 Å². The second kappa shape index (κ2) is 13.0. The molecule has 0 bridgehead atoms. The monoisotopic (exact) mass is 718 g/mol. The number of furan rings is 2. The van der Waals surface area contributed by atoms with Gasteiger partial charge in [0.25, 0.3) is 0 Å². The highest BCUT2D eigenvalue weighted by Gasteiger charge is 2.21. The van der Waals surface area contributed by atoms with Gasteiger partial charge >= 0.3 is 0 Å². The molecule has 0 aliphatic rings. The van der Waals surface area contributed by atoms with Crippen LogP contribution < -0.4 is 0 Å². The maximum absolute atomic E-state index is 6.40. The first kappa shape index (κ1) is 31.8. The van der Waals surface area contributed by atoms with Gasteiger partial charge in [-0.1, -0.05) is 164 Å². The number of nitrogens with zero attached hydrogens (tertiary/aromatic N) is 4. The van der Waals surface area contributed by atoms with Gasteiger partial charge in [0, 0.05) is 33.0 Å². The minimum atomic E-state index is 0.532. The van der Waals surface area contributed by atoms with Crippen molar-refractivity contribution in [2.45, 2.75) is 0 Å². The Bertz CT molecular complexity index is 3220. The molecule has 11 rings (SSSR count). The van der Waals surface area contributed by atoms with E-state index in [-0.39, 0.29) is 0 Å². The van der Waals surface area contributed by atoms with Gasteiger partial charge in [0.2, 0.25) is 11.4 Å². The van der Waals surface area contributed by atoms with Gasteiger partial charge in [-0.05, 0) is 40.5 Å². The molecular weight excluding hydrogens is 689 g/mol. The van der Waals surface area contributed by atoms with Gasteiger partial charge in [0.1, 0.15) is 11.2 Å². The average Bonchev–Trinajstić information content (AvgIpc) is 3.85. The van der Waals surface area contributed by atoms with Crippen molar-refractivity contribution in [3.8, 4) is 67.5 Å². The first-order valence-corrected chi connectivity index (χ1v) is 18.5. The summed E-state index contributed by atoms with van der Waals surface area (Å²) < 4.78 is 12.8. The predicted molar refractivity (Wildman–Crippen MR) is 225 cm³/mol. The van der Waals surface area contributed by atoms with E-state index in [1.54, 1.807) is 0 Å². The van der Waals surface area contributed by atoms with Gasteiger partial charge in [-0.3, -0.25) is 0 Å². The van der Waals surface area contributed by atoms with Crippen molar-refractivity contribution in [1.29, 1.82) is 0 Å². The number of hydrogen-bond donors (Lipinski definition) is 0. The Morgan fingerprint density at radius 2 is 0.679 bits per heavy atom. The van der Waals surface area contributed by atoms with Crippen LogP contribution in [0.15, 0.2) is 191 Å². The number of para-hydroxylation sites is 2. The van der Waals surface area contributed by atoms with Crippen LogP contribution in [0.25, 0.3) is 112 Å². The maximum Gasteiger partial charge on any atom is 0.231 e. The molecule has 0 saturated carbocycles. The Kier molecular flexibility index (Phi) is 7.38. The van der Waals surface area contributed by atoms with Crippen LogP contribution in [0, 0.1) is 0 Å². The summed E-state index contributed by atoms with van der Waals surface area (Å²) in [7, 11) is 0. The number of hydrogen-bond acceptors (Lipinski definition) is 6. The number of aromatic nitrogens is 4. The van der Waals surface area contributed by atoms with Crippen LogP contribution in [-0.4, -0.2) is 19.9 Å². The van der Waals surface area contributed by atoms with Crippen molar-refractivity contribution in [1.82, 2.24) is 19.9 Å². The van der Waals surface area contributed by atoms with Crippen LogP contribution in [0.1, 0.15) is 0 Å². The van der Waals surface area contributed by atoms with E-state index in [1.807, 2.05) is 72.8 Å². The van der Waals surface area contributed by atoms with E-state index in [2.05, 4.69) is 109 Å². The normalized spacial score (nSPS) is 11.6. The Morgan fingerprint density at radius 1 is 0.286 bits per heavy atom. The summed E-state index contributed by atoms with van der Waals surface area (Å²) in [6.07, 6.45) is 0. The fourth-order valence-corrected chi connectivity index (χ4v) is 7.62. The van der Waals surface area contributed by atoms with Crippen molar-refractivity contribution in [2.75, 3.05) is 0 Å². The molecule has 0 aliphatic carbocycles. The zero-order chi connectivity index (χ0) is 37.0. The van der Waals surface area contributed by atoms with Crippen LogP contribution in [0.3, 0.4) is 0 Å². The molecule has 262 valence electrons. The third-order valence-corrected chi connectivity index (χ3v) is 10.4. The molecule has 0 amide bonds. The smallest absolute Gasteiger partial charge is 0.231 e. The molecule has 0 unspecified atom stereocenters. The molecule has 0 aliphatic heterocycles. The Labute approximate surface area is 321 Å². The highest BCUT2D eigenvalue weighted by Crippen LogP contribution is 2.40. The van der Waals surface area contributed by atoms with E-state index < -0.39 is 0 Å². The lowest BCUT2D eigenvalue weighted by Gasteiger charge is -2.10. The zero-order valence-corrected chi connectivity index (χ0v) is 29.9. The molecule has 6 heteroatoms. The highest BCUT2D eigenvalue weighted by atomic mass is 16.3. The predicted octanol–water partition coefficient (Wildman–Crippen LogP) is 13.1. The molecule has 0 fully saturated rings. The van der Waals surface area contributed by atoms with E-state index in [0.717, 1.165) is 88.6 Å². The number of rotatable bonds is 6. The van der Waals surface area contributed by atoms with Crippen LogP contribution in [0.2, 0.25) is 0 Å². The number of benzene rings is 7. The van der Waals surface area contributed by atoms with Gasteiger partial charge in [-0.15, -0.1) is 0 Å². The summed E-state index contributed by atoms with van der Waals surface area (Å²) in [6.45, 7) is 0. The minimum Gasteiger partial charge on any atom is -0.438 e. The van der Waals surface area contributed by atoms with Crippen LogP contribution in [-0.2, 0) is 0 Å². The molecule has 11 aromatic rings.